The van der Waals surface area contributed by atoms with Crippen LogP contribution < -0.4 is 0 Å². The van der Waals surface area contributed by atoms with Gasteiger partial charge in [0.2, 0.25) is 0 Å². The minimum atomic E-state index is -0.737. The second-order valence-electron chi connectivity index (χ2n) is 6.81. The number of aliphatic hydroxyl groups is 2. The van der Waals surface area contributed by atoms with Gasteiger partial charge in [0.05, 0.1) is 12.1 Å². The van der Waals surface area contributed by atoms with E-state index in [2.05, 4.69) is 25.7 Å². The molecule has 0 bridgehead atoms. The van der Waals surface area contributed by atoms with Crippen molar-refractivity contribution in [3.05, 3.63) is 0 Å². The summed E-state index contributed by atoms with van der Waals surface area (Å²) in [5, 5.41) is 20.6. The maximum absolute atomic E-state index is 10.3. The smallest absolute Gasteiger partial charge is 0.108 e. The van der Waals surface area contributed by atoms with E-state index >= 15 is 0 Å². The van der Waals surface area contributed by atoms with Crippen molar-refractivity contribution in [1.82, 2.24) is 4.90 Å². The van der Waals surface area contributed by atoms with Crippen molar-refractivity contribution in [2.45, 2.75) is 89.7 Å². The largest absolute Gasteiger partial charge is 0.390 e. The molecule has 4 heteroatoms. The Morgan fingerprint density at radius 3 is 2.29 bits per heavy atom. The summed E-state index contributed by atoms with van der Waals surface area (Å²) in [5.74, 6) is 0.141. The van der Waals surface area contributed by atoms with E-state index in [4.69, 9.17) is 4.74 Å². The van der Waals surface area contributed by atoms with Crippen molar-refractivity contribution in [3.63, 3.8) is 0 Å². The molecule has 2 N–H and O–H groups in total. The van der Waals surface area contributed by atoms with Crippen molar-refractivity contribution in [2.24, 2.45) is 5.92 Å². The van der Waals surface area contributed by atoms with Gasteiger partial charge in [-0.15, -0.1) is 0 Å². The molecule has 0 amide bonds. The third-order valence-corrected chi connectivity index (χ3v) is 5.20. The number of hydrogen-bond donors (Lipinski definition) is 2. The van der Waals surface area contributed by atoms with Gasteiger partial charge in [0.25, 0.3) is 0 Å². The lowest BCUT2D eigenvalue weighted by molar-refractivity contribution is -0.119. The molecule has 1 saturated heterocycles. The van der Waals surface area contributed by atoms with Crippen LogP contribution in [0, 0.1) is 5.92 Å². The summed E-state index contributed by atoms with van der Waals surface area (Å²) in [6.45, 7) is 8.21. The summed E-state index contributed by atoms with van der Waals surface area (Å²) in [5.41, 5.74) is 0. The van der Waals surface area contributed by atoms with Gasteiger partial charge in [-0.3, -0.25) is 4.90 Å². The summed E-state index contributed by atoms with van der Waals surface area (Å²) in [4.78, 5) is 2.42. The summed E-state index contributed by atoms with van der Waals surface area (Å²) >= 11 is 0. The SMILES string of the molecule is CCCCCCOC1C(O)C(O)C(C)C2C1N2CCCC. The number of hydrogen-bond acceptors (Lipinski definition) is 4. The van der Waals surface area contributed by atoms with Crippen LogP contribution in [0.5, 0.6) is 0 Å². The van der Waals surface area contributed by atoms with Crippen molar-refractivity contribution >= 4 is 0 Å². The zero-order valence-electron chi connectivity index (χ0n) is 13.9. The van der Waals surface area contributed by atoms with Crippen molar-refractivity contribution < 1.29 is 14.9 Å². The minimum absolute atomic E-state index is 0.141. The molecule has 7 unspecified atom stereocenters. The molecule has 21 heavy (non-hydrogen) atoms. The number of likely N-dealkylation sites (tertiary alicyclic amines) is 1. The van der Waals surface area contributed by atoms with E-state index in [1.807, 2.05) is 0 Å². The molecule has 1 saturated carbocycles. The lowest BCUT2D eigenvalue weighted by Crippen LogP contribution is -2.51. The van der Waals surface area contributed by atoms with Gasteiger partial charge in [-0.25, -0.2) is 0 Å². The van der Waals surface area contributed by atoms with Gasteiger partial charge >= 0.3 is 0 Å². The topological polar surface area (TPSA) is 52.7 Å². The Balaban J connectivity index is 1.86. The third-order valence-electron chi connectivity index (χ3n) is 5.20. The standard InChI is InChI=1S/C17H33NO3/c1-4-6-8-9-11-21-17-14-13(18(14)10-7-5-2)12(3)15(19)16(17)20/h12-17,19-20H,4-11H2,1-3H3. The van der Waals surface area contributed by atoms with Gasteiger partial charge in [-0.1, -0.05) is 46.5 Å². The van der Waals surface area contributed by atoms with E-state index in [9.17, 15) is 10.2 Å². The van der Waals surface area contributed by atoms with Gasteiger partial charge < -0.3 is 14.9 Å². The zero-order valence-corrected chi connectivity index (χ0v) is 13.9. The molecular formula is C17H33NO3. The Hall–Kier alpha value is -0.160. The predicted molar refractivity (Wildman–Crippen MR) is 84.2 cm³/mol. The van der Waals surface area contributed by atoms with Gasteiger partial charge in [-0.05, 0) is 19.4 Å². The molecule has 0 spiro atoms. The van der Waals surface area contributed by atoms with Gasteiger partial charge in [0, 0.05) is 18.6 Å². The highest BCUT2D eigenvalue weighted by molar-refractivity contribution is 5.16. The first-order valence-corrected chi connectivity index (χ1v) is 8.86. The number of unbranched alkanes of at least 4 members (excludes halogenated alkanes) is 4. The quantitative estimate of drug-likeness (QED) is 0.506. The first kappa shape index (κ1) is 17.2. The summed E-state index contributed by atoms with van der Waals surface area (Å²) in [6.07, 6.45) is 5.45. The molecule has 1 aliphatic carbocycles. The average molecular weight is 299 g/mol. The minimum Gasteiger partial charge on any atom is -0.390 e. The molecule has 0 aromatic rings. The average Bonchev–Trinajstić information content (AvgIpc) is 3.19. The highest BCUT2D eigenvalue weighted by Crippen LogP contribution is 2.45. The van der Waals surface area contributed by atoms with Crippen LogP contribution >= 0.6 is 0 Å². The van der Waals surface area contributed by atoms with Crippen LogP contribution in [-0.2, 0) is 4.74 Å². The number of nitrogens with zero attached hydrogens (tertiary/aromatic N) is 1. The summed E-state index contributed by atoms with van der Waals surface area (Å²) in [7, 11) is 0. The van der Waals surface area contributed by atoms with Gasteiger partial charge in [0.1, 0.15) is 12.2 Å². The number of ether oxygens (including phenoxy) is 1. The molecule has 0 aromatic carbocycles. The van der Waals surface area contributed by atoms with Crippen molar-refractivity contribution in [2.75, 3.05) is 13.2 Å². The molecule has 1 heterocycles. The molecule has 124 valence electrons. The molecule has 2 aliphatic rings. The summed E-state index contributed by atoms with van der Waals surface area (Å²) < 4.78 is 5.97. The van der Waals surface area contributed by atoms with Crippen LogP contribution in [0.15, 0.2) is 0 Å². The first-order chi connectivity index (χ1) is 10.1. The molecule has 0 radical (unpaired) electrons. The summed E-state index contributed by atoms with van der Waals surface area (Å²) in [6, 6.07) is 0.715. The van der Waals surface area contributed by atoms with E-state index in [0.29, 0.717) is 18.7 Å². The van der Waals surface area contributed by atoms with E-state index in [0.717, 1.165) is 13.0 Å². The molecular weight excluding hydrogens is 266 g/mol. The predicted octanol–water partition coefficient (Wildman–Crippen LogP) is 2.18. The maximum Gasteiger partial charge on any atom is 0.108 e. The first-order valence-electron chi connectivity index (χ1n) is 8.86. The van der Waals surface area contributed by atoms with Crippen LogP contribution in [-0.4, -0.2) is 58.7 Å². The lowest BCUT2D eigenvalue weighted by atomic mass is 9.84. The van der Waals surface area contributed by atoms with Crippen LogP contribution in [0.1, 0.15) is 59.3 Å². The monoisotopic (exact) mass is 299 g/mol. The highest BCUT2D eigenvalue weighted by atomic mass is 16.5. The molecule has 2 fully saturated rings. The van der Waals surface area contributed by atoms with E-state index < -0.39 is 12.2 Å². The van der Waals surface area contributed by atoms with Gasteiger partial charge in [0.15, 0.2) is 0 Å². The lowest BCUT2D eigenvalue weighted by Gasteiger charge is -2.34. The fourth-order valence-electron chi connectivity index (χ4n) is 3.81. The van der Waals surface area contributed by atoms with E-state index in [1.54, 1.807) is 0 Å². The maximum atomic E-state index is 10.3. The molecule has 7 atom stereocenters. The fraction of sp³-hybridized carbons (Fsp3) is 1.00. The van der Waals surface area contributed by atoms with Crippen LogP contribution in [0.3, 0.4) is 0 Å². The Kier molecular flexibility index (Phi) is 6.48. The van der Waals surface area contributed by atoms with E-state index in [-0.39, 0.29) is 12.0 Å². The Bertz CT molecular complexity index is 312. The molecule has 2 rings (SSSR count). The second-order valence-corrected chi connectivity index (χ2v) is 6.81. The van der Waals surface area contributed by atoms with Gasteiger partial charge in [-0.2, -0.15) is 0 Å². The van der Waals surface area contributed by atoms with Crippen molar-refractivity contribution in [1.29, 1.82) is 0 Å². The van der Waals surface area contributed by atoms with Crippen LogP contribution in [0.2, 0.25) is 0 Å². The second kappa shape index (κ2) is 7.91. The zero-order chi connectivity index (χ0) is 15.4. The molecule has 4 nitrogen and oxygen atoms in total. The Morgan fingerprint density at radius 1 is 0.905 bits per heavy atom. The molecule has 1 aliphatic heterocycles. The Labute approximate surface area is 129 Å². The van der Waals surface area contributed by atoms with Crippen LogP contribution in [0.25, 0.3) is 0 Å². The third kappa shape index (κ3) is 3.79. The van der Waals surface area contributed by atoms with Crippen molar-refractivity contribution in [3.8, 4) is 0 Å². The number of aliphatic hydroxyl groups excluding tert-OH is 2. The number of fused-ring (bicyclic) bond motifs is 1. The fourth-order valence-corrected chi connectivity index (χ4v) is 3.81. The van der Waals surface area contributed by atoms with E-state index in [1.165, 1.54) is 32.1 Å². The van der Waals surface area contributed by atoms with Crippen LogP contribution in [0.4, 0.5) is 0 Å². The molecule has 0 aromatic heterocycles. The Morgan fingerprint density at radius 2 is 1.62 bits per heavy atom. The normalized spacial score (nSPS) is 41.9. The number of rotatable bonds is 9. The highest BCUT2D eigenvalue weighted by Gasteiger charge is 2.62.